The quantitative estimate of drug-likeness (QED) is 0.698. The maximum atomic E-state index is 13.0. The van der Waals surface area contributed by atoms with E-state index < -0.39 is 0 Å². The lowest BCUT2D eigenvalue weighted by atomic mass is 10.1. The van der Waals surface area contributed by atoms with E-state index >= 15 is 0 Å². The Morgan fingerprint density at radius 1 is 1.00 bits per heavy atom. The van der Waals surface area contributed by atoms with Gasteiger partial charge in [0.15, 0.2) is 5.17 Å². The van der Waals surface area contributed by atoms with Gasteiger partial charge in [0.05, 0.1) is 16.6 Å². The molecule has 130 valence electrons. The van der Waals surface area contributed by atoms with E-state index in [-0.39, 0.29) is 11.2 Å². The number of aliphatic imine (C=N–C) groups is 1. The molecule has 1 fully saturated rings. The number of amidine groups is 1. The van der Waals surface area contributed by atoms with Crippen molar-refractivity contribution >= 4 is 34.2 Å². The lowest BCUT2D eigenvalue weighted by Gasteiger charge is -2.17. The molecule has 0 aromatic heterocycles. The van der Waals surface area contributed by atoms with Crippen molar-refractivity contribution in [2.24, 2.45) is 4.99 Å². The van der Waals surface area contributed by atoms with E-state index in [0.717, 1.165) is 35.8 Å². The van der Waals surface area contributed by atoms with Crippen molar-refractivity contribution in [1.82, 2.24) is 0 Å². The van der Waals surface area contributed by atoms with Crippen LogP contribution in [0.5, 0.6) is 0 Å². The van der Waals surface area contributed by atoms with E-state index in [1.54, 1.807) is 16.7 Å². The van der Waals surface area contributed by atoms with Gasteiger partial charge in [0, 0.05) is 0 Å². The molecule has 0 spiro atoms. The predicted molar refractivity (Wildman–Crippen MR) is 108 cm³/mol. The molecule has 0 radical (unpaired) electrons. The van der Waals surface area contributed by atoms with Crippen LogP contribution in [0.1, 0.15) is 37.3 Å². The highest BCUT2D eigenvalue weighted by Crippen LogP contribution is 2.36. The van der Waals surface area contributed by atoms with E-state index in [1.165, 1.54) is 11.1 Å². The molecule has 1 atom stereocenters. The van der Waals surface area contributed by atoms with Gasteiger partial charge in [0.1, 0.15) is 0 Å². The molecule has 1 saturated heterocycles. The second kappa shape index (κ2) is 7.87. The third-order valence-electron chi connectivity index (χ3n) is 4.31. The number of carbonyl (C=O) groups excluding carboxylic acids is 1. The number of thioether (sulfide) groups is 1. The number of benzene rings is 2. The zero-order valence-electron chi connectivity index (χ0n) is 15.0. The Balaban J connectivity index is 1.95. The summed E-state index contributed by atoms with van der Waals surface area (Å²) in [5, 5.41) is 0.740. The van der Waals surface area contributed by atoms with Crippen LogP contribution in [0.25, 0.3) is 0 Å². The molecule has 1 aliphatic heterocycles. The molecular formula is C21H24N2OS. The lowest BCUT2D eigenvalue weighted by molar-refractivity contribution is -0.117. The van der Waals surface area contributed by atoms with Crippen LogP contribution in [0.3, 0.4) is 0 Å². The number of amides is 1. The van der Waals surface area contributed by atoms with Crippen LogP contribution < -0.4 is 4.90 Å². The summed E-state index contributed by atoms with van der Waals surface area (Å²) in [5.74, 6) is 0.146. The number of anilines is 1. The predicted octanol–water partition coefficient (Wildman–Crippen LogP) is 5.63. The van der Waals surface area contributed by atoms with Crippen LogP contribution in [0.2, 0.25) is 0 Å². The molecule has 1 heterocycles. The van der Waals surface area contributed by atoms with Crippen molar-refractivity contribution in [2.45, 2.75) is 45.3 Å². The van der Waals surface area contributed by atoms with Crippen LogP contribution in [0.15, 0.2) is 53.5 Å². The molecule has 0 bridgehead atoms. The number of rotatable bonds is 5. The minimum Gasteiger partial charge on any atom is -0.273 e. The van der Waals surface area contributed by atoms with E-state index in [2.05, 4.69) is 20.8 Å². The van der Waals surface area contributed by atoms with Crippen molar-refractivity contribution in [1.29, 1.82) is 0 Å². The fraction of sp³-hybridized carbons (Fsp3) is 0.333. The smallest absolute Gasteiger partial charge is 0.246 e. The minimum absolute atomic E-state index is 0.0366. The van der Waals surface area contributed by atoms with Gasteiger partial charge in [-0.25, -0.2) is 4.99 Å². The second-order valence-corrected chi connectivity index (χ2v) is 7.66. The first-order valence-corrected chi connectivity index (χ1v) is 9.69. The van der Waals surface area contributed by atoms with Gasteiger partial charge in [0.2, 0.25) is 5.91 Å². The molecule has 1 aliphatic rings. The Labute approximate surface area is 154 Å². The number of aryl methyl sites for hydroxylation is 2. The van der Waals surface area contributed by atoms with Gasteiger partial charge in [-0.1, -0.05) is 66.9 Å². The lowest BCUT2D eigenvalue weighted by Crippen LogP contribution is -2.32. The molecule has 0 N–H and O–H groups in total. The Bertz CT molecular complexity index is 765. The van der Waals surface area contributed by atoms with Gasteiger partial charge in [-0.05, 0) is 44.5 Å². The first-order valence-electron chi connectivity index (χ1n) is 8.81. The topological polar surface area (TPSA) is 32.7 Å². The first-order chi connectivity index (χ1) is 12.1. The van der Waals surface area contributed by atoms with E-state index in [9.17, 15) is 4.79 Å². The highest BCUT2D eigenvalue weighted by Gasteiger charge is 2.38. The zero-order valence-corrected chi connectivity index (χ0v) is 15.8. The summed E-state index contributed by atoms with van der Waals surface area (Å²) in [4.78, 5) is 19.5. The average Bonchev–Trinajstić information content (AvgIpc) is 2.91. The molecule has 1 amide bonds. The van der Waals surface area contributed by atoms with Crippen molar-refractivity contribution in [2.75, 3.05) is 4.90 Å². The standard InChI is InChI=1S/C21H24N2OS/c1-4-5-6-19-20(24)23(18-13-9-16(3)10-14-18)21(25-19)22-17-11-7-15(2)8-12-17/h7-14,19H,4-6H2,1-3H3. The Kier molecular flexibility index (Phi) is 5.59. The summed E-state index contributed by atoms with van der Waals surface area (Å²) >= 11 is 1.59. The van der Waals surface area contributed by atoms with Crippen LogP contribution in [-0.4, -0.2) is 16.3 Å². The fourth-order valence-corrected chi connectivity index (χ4v) is 3.98. The van der Waals surface area contributed by atoms with Crippen molar-refractivity contribution in [3.63, 3.8) is 0 Å². The third-order valence-corrected chi connectivity index (χ3v) is 5.51. The van der Waals surface area contributed by atoms with Gasteiger partial charge in [-0.15, -0.1) is 0 Å². The van der Waals surface area contributed by atoms with Crippen molar-refractivity contribution in [3.05, 3.63) is 59.7 Å². The third kappa shape index (κ3) is 4.13. The number of carbonyl (C=O) groups is 1. The molecule has 25 heavy (non-hydrogen) atoms. The summed E-state index contributed by atoms with van der Waals surface area (Å²) in [5.41, 5.74) is 4.17. The fourth-order valence-electron chi connectivity index (χ4n) is 2.78. The number of unbranched alkanes of at least 4 members (excludes halogenated alkanes) is 1. The van der Waals surface area contributed by atoms with Gasteiger partial charge < -0.3 is 0 Å². The maximum absolute atomic E-state index is 13.0. The van der Waals surface area contributed by atoms with E-state index in [0.29, 0.717) is 0 Å². The summed E-state index contributed by atoms with van der Waals surface area (Å²) in [6, 6.07) is 16.2. The molecule has 4 heteroatoms. The monoisotopic (exact) mass is 352 g/mol. The summed E-state index contributed by atoms with van der Waals surface area (Å²) in [7, 11) is 0. The highest BCUT2D eigenvalue weighted by atomic mass is 32.2. The molecule has 0 saturated carbocycles. The maximum Gasteiger partial charge on any atom is 0.246 e. The number of hydrogen-bond donors (Lipinski definition) is 0. The summed E-state index contributed by atoms with van der Waals surface area (Å²) < 4.78 is 0. The van der Waals surface area contributed by atoms with Crippen molar-refractivity contribution in [3.8, 4) is 0 Å². The molecule has 2 aromatic rings. The Morgan fingerprint density at radius 3 is 2.20 bits per heavy atom. The molecule has 3 rings (SSSR count). The van der Waals surface area contributed by atoms with E-state index in [4.69, 9.17) is 4.99 Å². The zero-order chi connectivity index (χ0) is 17.8. The van der Waals surface area contributed by atoms with Crippen LogP contribution in [0, 0.1) is 13.8 Å². The van der Waals surface area contributed by atoms with Crippen LogP contribution in [0.4, 0.5) is 11.4 Å². The Morgan fingerprint density at radius 2 is 1.60 bits per heavy atom. The SMILES string of the molecule is CCCCC1SC(=Nc2ccc(C)cc2)N(c2ccc(C)cc2)C1=O. The van der Waals surface area contributed by atoms with Gasteiger partial charge in [-0.2, -0.15) is 0 Å². The molecule has 0 aliphatic carbocycles. The van der Waals surface area contributed by atoms with Gasteiger partial charge in [-0.3, -0.25) is 9.69 Å². The minimum atomic E-state index is -0.0366. The normalized spacial score (nSPS) is 19.0. The molecule has 3 nitrogen and oxygen atoms in total. The van der Waals surface area contributed by atoms with Crippen LogP contribution >= 0.6 is 11.8 Å². The van der Waals surface area contributed by atoms with Gasteiger partial charge in [0.25, 0.3) is 0 Å². The highest BCUT2D eigenvalue weighted by molar-refractivity contribution is 8.16. The largest absolute Gasteiger partial charge is 0.273 e. The second-order valence-electron chi connectivity index (χ2n) is 6.49. The van der Waals surface area contributed by atoms with E-state index in [1.807, 2.05) is 48.5 Å². The molecule has 2 aromatic carbocycles. The number of hydrogen-bond acceptors (Lipinski definition) is 3. The molecule has 1 unspecified atom stereocenters. The number of nitrogens with zero attached hydrogens (tertiary/aromatic N) is 2. The average molecular weight is 353 g/mol. The summed E-state index contributed by atoms with van der Waals surface area (Å²) in [6.07, 6.45) is 3.05. The summed E-state index contributed by atoms with van der Waals surface area (Å²) in [6.45, 7) is 6.27. The first kappa shape index (κ1) is 17.7. The Hall–Kier alpha value is -2.07. The van der Waals surface area contributed by atoms with Crippen LogP contribution in [-0.2, 0) is 4.79 Å². The van der Waals surface area contributed by atoms with Crippen molar-refractivity contribution < 1.29 is 4.79 Å². The van der Waals surface area contributed by atoms with Gasteiger partial charge >= 0.3 is 0 Å². The molecular weight excluding hydrogens is 328 g/mol.